The predicted octanol–water partition coefficient (Wildman–Crippen LogP) is 5.33. The lowest BCUT2D eigenvalue weighted by atomic mass is 10.0. The molecule has 0 unspecified atom stereocenters. The van der Waals surface area contributed by atoms with Crippen LogP contribution < -0.4 is 0 Å². The Labute approximate surface area is 167 Å². The molecule has 156 valence electrons. The van der Waals surface area contributed by atoms with E-state index in [1.807, 2.05) is 0 Å². The van der Waals surface area contributed by atoms with Gasteiger partial charge in [-0.05, 0) is 36.5 Å². The maximum Gasteiger partial charge on any atom is 0.192 e. The lowest BCUT2D eigenvalue weighted by molar-refractivity contribution is -0.0636. The second kappa shape index (κ2) is 11.3. The van der Waals surface area contributed by atoms with Crippen LogP contribution in [0.25, 0.3) is 0 Å². The van der Waals surface area contributed by atoms with E-state index in [1.165, 1.54) is 5.56 Å². The molecule has 0 amide bonds. The number of aliphatic hydroxyl groups excluding tert-OH is 1. The van der Waals surface area contributed by atoms with Gasteiger partial charge in [0.25, 0.3) is 0 Å². The zero-order chi connectivity index (χ0) is 20.5. The van der Waals surface area contributed by atoms with Gasteiger partial charge in [-0.1, -0.05) is 63.9 Å². The van der Waals surface area contributed by atoms with Crippen LogP contribution in [-0.4, -0.2) is 46.5 Å². The maximum absolute atomic E-state index is 9.40. The molecule has 0 aliphatic carbocycles. The van der Waals surface area contributed by atoms with Crippen molar-refractivity contribution in [3.8, 4) is 0 Å². The first-order valence-electron chi connectivity index (χ1n) is 10.1. The largest absolute Gasteiger partial charge is 0.410 e. The van der Waals surface area contributed by atoms with E-state index in [2.05, 4.69) is 64.2 Å². The summed E-state index contributed by atoms with van der Waals surface area (Å²) in [5.74, 6) is 0. The summed E-state index contributed by atoms with van der Waals surface area (Å²) in [7, 11) is 1.45. The molecule has 5 heteroatoms. The van der Waals surface area contributed by atoms with Crippen LogP contribution in [0.5, 0.6) is 0 Å². The Morgan fingerprint density at radius 3 is 1.96 bits per heavy atom. The highest BCUT2D eigenvalue weighted by molar-refractivity contribution is 6.74. The van der Waals surface area contributed by atoms with Gasteiger partial charge >= 0.3 is 0 Å². The van der Waals surface area contributed by atoms with E-state index >= 15 is 0 Å². The molecule has 0 aromatic heterocycles. The van der Waals surface area contributed by atoms with Crippen LogP contribution in [0.4, 0.5) is 0 Å². The van der Waals surface area contributed by atoms with Gasteiger partial charge in [-0.25, -0.2) is 0 Å². The molecule has 0 heterocycles. The van der Waals surface area contributed by atoms with E-state index in [9.17, 15) is 5.11 Å². The normalized spacial score (nSPS) is 16.1. The van der Waals surface area contributed by atoms with Gasteiger partial charge in [0.15, 0.2) is 8.32 Å². The molecule has 1 aromatic rings. The molecule has 0 saturated carbocycles. The Kier molecular flexibility index (Phi) is 10.2. The van der Waals surface area contributed by atoms with Crippen molar-refractivity contribution in [1.29, 1.82) is 0 Å². The van der Waals surface area contributed by atoms with Crippen LogP contribution in [0.3, 0.4) is 0 Å². The topological polar surface area (TPSA) is 47.9 Å². The van der Waals surface area contributed by atoms with E-state index in [0.717, 1.165) is 25.7 Å². The number of rotatable bonds is 12. The van der Waals surface area contributed by atoms with Crippen molar-refractivity contribution in [1.82, 2.24) is 0 Å². The molecule has 3 atom stereocenters. The molecule has 4 nitrogen and oxygen atoms in total. The molecular weight excluding hydrogens is 356 g/mol. The van der Waals surface area contributed by atoms with Crippen LogP contribution in [0.15, 0.2) is 30.3 Å². The molecule has 1 N–H and O–H groups in total. The number of ether oxygens (including phenoxy) is 2. The van der Waals surface area contributed by atoms with Crippen molar-refractivity contribution in [3.05, 3.63) is 35.9 Å². The SMILES string of the molecule is CO[C@@H](CCCC[C@H](O[Si](C)(C)C(C)(C)C)c1ccccc1)[C@@H](CO)OC. The minimum absolute atomic E-state index is 0.0177. The van der Waals surface area contributed by atoms with Crippen molar-refractivity contribution < 1.29 is 19.0 Å². The van der Waals surface area contributed by atoms with Gasteiger partial charge in [0, 0.05) is 14.2 Å². The number of benzene rings is 1. The quantitative estimate of drug-likeness (QED) is 0.383. The molecule has 0 bridgehead atoms. The predicted molar refractivity (Wildman–Crippen MR) is 115 cm³/mol. The minimum Gasteiger partial charge on any atom is -0.410 e. The fourth-order valence-corrected chi connectivity index (χ4v) is 4.29. The third-order valence-corrected chi connectivity index (χ3v) is 10.3. The molecule has 27 heavy (non-hydrogen) atoms. The zero-order valence-electron chi connectivity index (χ0n) is 18.3. The molecule has 0 spiro atoms. The molecule has 0 fully saturated rings. The highest BCUT2D eigenvalue weighted by atomic mass is 28.4. The average Bonchev–Trinajstić information content (AvgIpc) is 2.63. The summed E-state index contributed by atoms with van der Waals surface area (Å²) in [5.41, 5.74) is 1.26. The fourth-order valence-electron chi connectivity index (χ4n) is 2.97. The third kappa shape index (κ3) is 7.66. The Bertz CT molecular complexity index is 509. The third-order valence-electron chi connectivity index (χ3n) is 5.82. The summed E-state index contributed by atoms with van der Waals surface area (Å²) in [4.78, 5) is 0. The van der Waals surface area contributed by atoms with Crippen LogP contribution in [0.2, 0.25) is 18.1 Å². The first-order chi connectivity index (χ1) is 12.7. The number of methoxy groups -OCH3 is 2. The second-order valence-electron chi connectivity index (χ2n) is 8.79. The monoisotopic (exact) mass is 396 g/mol. The lowest BCUT2D eigenvalue weighted by Gasteiger charge is -2.39. The summed E-state index contributed by atoms with van der Waals surface area (Å²) in [5, 5.41) is 9.59. The van der Waals surface area contributed by atoms with Crippen LogP contribution in [0.1, 0.15) is 58.1 Å². The molecular formula is C22H40O4Si. The Morgan fingerprint density at radius 2 is 1.48 bits per heavy atom. The first-order valence-corrected chi connectivity index (χ1v) is 13.0. The Hall–Kier alpha value is -0.723. The molecule has 0 aliphatic rings. The van der Waals surface area contributed by atoms with Crippen LogP contribution in [-0.2, 0) is 13.9 Å². The van der Waals surface area contributed by atoms with Gasteiger partial charge in [0.05, 0.1) is 18.8 Å². The molecule has 1 rings (SSSR count). The van der Waals surface area contributed by atoms with Crippen molar-refractivity contribution >= 4 is 8.32 Å². The Balaban J connectivity index is 2.71. The summed E-state index contributed by atoms with van der Waals surface area (Å²) in [6.45, 7) is 11.5. The van der Waals surface area contributed by atoms with E-state index < -0.39 is 8.32 Å². The highest BCUT2D eigenvalue weighted by Gasteiger charge is 2.39. The highest BCUT2D eigenvalue weighted by Crippen LogP contribution is 2.41. The molecule has 0 radical (unpaired) electrons. The fraction of sp³-hybridized carbons (Fsp3) is 0.727. The van der Waals surface area contributed by atoms with Crippen molar-refractivity contribution in [2.75, 3.05) is 20.8 Å². The average molecular weight is 397 g/mol. The number of aliphatic hydroxyl groups is 1. The smallest absolute Gasteiger partial charge is 0.192 e. The van der Waals surface area contributed by atoms with Gasteiger partial charge in [-0.3, -0.25) is 0 Å². The van der Waals surface area contributed by atoms with Crippen molar-refractivity contribution in [2.45, 2.75) is 82.9 Å². The van der Waals surface area contributed by atoms with Gasteiger partial charge in [0.2, 0.25) is 0 Å². The molecule has 0 aliphatic heterocycles. The van der Waals surface area contributed by atoms with Crippen LogP contribution >= 0.6 is 0 Å². The number of unbranched alkanes of at least 4 members (excludes halogenated alkanes) is 1. The minimum atomic E-state index is -1.85. The van der Waals surface area contributed by atoms with Gasteiger partial charge in [0.1, 0.15) is 6.10 Å². The number of hydrogen-bond donors (Lipinski definition) is 1. The summed E-state index contributed by atoms with van der Waals surface area (Å²) >= 11 is 0. The first kappa shape index (κ1) is 24.3. The summed E-state index contributed by atoms with van der Waals surface area (Å²) in [6, 6.07) is 10.6. The maximum atomic E-state index is 9.40. The molecule has 1 aromatic carbocycles. The molecule has 0 saturated heterocycles. The van der Waals surface area contributed by atoms with E-state index in [0.29, 0.717) is 0 Å². The van der Waals surface area contributed by atoms with Crippen molar-refractivity contribution in [2.24, 2.45) is 0 Å². The van der Waals surface area contributed by atoms with Crippen molar-refractivity contribution in [3.63, 3.8) is 0 Å². The van der Waals surface area contributed by atoms with E-state index in [4.69, 9.17) is 13.9 Å². The zero-order valence-corrected chi connectivity index (χ0v) is 19.3. The van der Waals surface area contributed by atoms with Gasteiger partial charge in [-0.2, -0.15) is 0 Å². The van der Waals surface area contributed by atoms with Gasteiger partial charge in [-0.15, -0.1) is 0 Å². The van der Waals surface area contributed by atoms with E-state index in [1.54, 1.807) is 14.2 Å². The standard InChI is InChI=1S/C22H40O4Si/c1-22(2,3)27(6,7)26-19(18-13-9-8-10-14-18)15-11-12-16-20(24-4)21(17-23)25-5/h8-10,13-14,19-21,23H,11-12,15-17H2,1-7H3/t19-,20-,21+/m0/s1. The lowest BCUT2D eigenvalue weighted by Crippen LogP contribution is -2.41. The summed E-state index contributed by atoms with van der Waals surface area (Å²) in [6.07, 6.45) is 3.73. The van der Waals surface area contributed by atoms with Gasteiger partial charge < -0.3 is 19.0 Å². The second-order valence-corrected chi connectivity index (χ2v) is 13.5. The summed E-state index contributed by atoms with van der Waals surface area (Å²) < 4.78 is 17.6. The van der Waals surface area contributed by atoms with E-state index in [-0.39, 0.29) is 30.0 Å². The Morgan fingerprint density at radius 1 is 0.926 bits per heavy atom. The van der Waals surface area contributed by atoms with Crippen LogP contribution in [0, 0.1) is 0 Å². The number of hydrogen-bond acceptors (Lipinski definition) is 4.